The lowest BCUT2D eigenvalue weighted by atomic mass is 9.83. The zero-order valence-electron chi connectivity index (χ0n) is 31.9. The van der Waals surface area contributed by atoms with Crippen LogP contribution < -0.4 is 5.32 Å². The number of carbonyl (C=O) groups excluding carboxylic acids is 4. The number of ether oxygens (including phenoxy) is 3. The van der Waals surface area contributed by atoms with E-state index in [0.717, 1.165) is 77.2 Å². The molecule has 2 aromatic heterocycles. The van der Waals surface area contributed by atoms with Crippen molar-refractivity contribution >= 4 is 56.8 Å². The molecule has 0 spiro atoms. The van der Waals surface area contributed by atoms with Crippen LogP contribution in [0.15, 0.2) is 72.8 Å². The van der Waals surface area contributed by atoms with Gasteiger partial charge in [0.2, 0.25) is 0 Å². The summed E-state index contributed by atoms with van der Waals surface area (Å²) >= 11 is 5.78. The molecular weight excluding hydrogens is 760 g/mol. The molecule has 58 heavy (non-hydrogen) atoms. The summed E-state index contributed by atoms with van der Waals surface area (Å²) in [6.07, 6.45) is 2.56. The Balaban J connectivity index is 0.000000130. The Morgan fingerprint density at radius 2 is 0.983 bits per heavy atom. The summed E-state index contributed by atoms with van der Waals surface area (Å²) in [5.74, 6) is 1.05. The molecule has 2 aliphatic carbocycles. The Morgan fingerprint density at radius 3 is 1.41 bits per heavy atom. The number of hydrogen-bond donors (Lipinski definition) is 3. The van der Waals surface area contributed by atoms with Crippen LogP contribution in [0.5, 0.6) is 0 Å². The van der Waals surface area contributed by atoms with Gasteiger partial charge in [-0.25, -0.2) is 9.97 Å². The largest absolute Gasteiger partial charge is 0.381 e. The fourth-order valence-corrected chi connectivity index (χ4v) is 7.67. The van der Waals surface area contributed by atoms with Crippen molar-refractivity contribution in [3.05, 3.63) is 129 Å². The molecule has 3 saturated heterocycles. The predicted octanol–water partition coefficient (Wildman–Crippen LogP) is 5.65. The van der Waals surface area contributed by atoms with Crippen molar-refractivity contribution in [3.8, 4) is 0 Å². The molecule has 5 heterocycles. The first-order valence-electron chi connectivity index (χ1n) is 19.5. The SMILES string of the molecule is C1CCOC1.C1COCCN1.O=C1c2ccccc2C(=O)c2c1ccc1[nH]c(CCl)nc21.O=C1c2ccccc2C(=O)c2c1ccc1[nH]c(CN3CCOCC3)nc21. The van der Waals surface area contributed by atoms with Crippen LogP contribution >= 0.6 is 11.6 Å². The molecule has 4 aromatic carbocycles. The van der Waals surface area contributed by atoms with Gasteiger partial charge in [0.15, 0.2) is 23.1 Å². The molecular formula is C44H43ClN6O7. The van der Waals surface area contributed by atoms with E-state index in [1.807, 2.05) is 6.07 Å². The number of imidazole rings is 2. The highest BCUT2D eigenvalue weighted by Gasteiger charge is 2.33. The molecule has 3 aliphatic heterocycles. The van der Waals surface area contributed by atoms with E-state index in [1.165, 1.54) is 12.8 Å². The first-order valence-corrected chi connectivity index (χ1v) is 20.1. The quantitative estimate of drug-likeness (QED) is 0.189. The number of rotatable bonds is 3. The summed E-state index contributed by atoms with van der Waals surface area (Å²) in [5.41, 5.74) is 6.00. The van der Waals surface area contributed by atoms with Gasteiger partial charge in [0.1, 0.15) is 22.7 Å². The topological polar surface area (TPSA) is 169 Å². The third kappa shape index (κ3) is 8.14. The summed E-state index contributed by atoms with van der Waals surface area (Å²) in [7, 11) is 0. The Morgan fingerprint density at radius 1 is 0.534 bits per heavy atom. The first kappa shape index (κ1) is 39.4. The second-order valence-electron chi connectivity index (χ2n) is 14.2. The van der Waals surface area contributed by atoms with Crippen molar-refractivity contribution < 1.29 is 33.4 Å². The molecule has 3 N–H and O–H groups in total. The maximum absolute atomic E-state index is 13.0. The molecule has 11 rings (SSSR count). The zero-order valence-corrected chi connectivity index (χ0v) is 32.7. The van der Waals surface area contributed by atoms with Gasteiger partial charge < -0.3 is 29.5 Å². The number of halogens is 1. The molecule has 0 radical (unpaired) electrons. The van der Waals surface area contributed by atoms with Crippen molar-refractivity contribution in [3.63, 3.8) is 0 Å². The maximum Gasteiger partial charge on any atom is 0.196 e. The molecule has 3 fully saturated rings. The lowest BCUT2D eigenvalue weighted by Crippen LogP contribution is -2.35. The van der Waals surface area contributed by atoms with Gasteiger partial charge in [-0.2, -0.15) is 0 Å². The lowest BCUT2D eigenvalue weighted by molar-refractivity contribution is 0.0332. The summed E-state index contributed by atoms with van der Waals surface area (Å²) in [4.78, 5) is 68.7. The van der Waals surface area contributed by atoms with E-state index < -0.39 is 0 Å². The van der Waals surface area contributed by atoms with Crippen LogP contribution in [0.4, 0.5) is 0 Å². The zero-order chi connectivity index (χ0) is 40.0. The third-order valence-corrected chi connectivity index (χ3v) is 10.7. The highest BCUT2D eigenvalue weighted by molar-refractivity contribution is 6.32. The highest BCUT2D eigenvalue weighted by Crippen LogP contribution is 2.33. The van der Waals surface area contributed by atoms with Crippen LogP contribution in [-0.2, 0) is 26.6 Å². The number of nitrogens with zero attached hydrogens (tertiary/aromatic N) is 3. The first-order chi connectivity index (χ1) is 28.4. The van der Waals surface area contributed by atoms with Gasteiger partial charge in [-0.1, -0.05) is 48.5 Å². The van der Waals surface area contributed by atoms with E-state index in [-0.39, 0.29) is 29.0 Å². The summed E-state index contributed by atoms with van der Waals surface area (Å²) in [5, 5.41) is 3.16. The van der Waals surface area contributed by atoms with E-state index in [4.69, 9.17) is 25.8 Å². The van der Waals surface area contributed by atoms with Crippen molar-refractivity contribution in [2.75, 3.05) is 65.8 Å². The van der Waals surface area contributed by atoms with E-state index >= 15 is 0 Å². The fourth-order valence-electron chi connectivity index (χ4n) is 7.54. The predicted molar refractivity (Wildman–Crippen MR) is 218 cm³/mol. The van der Waals surface area contributed by atoms with Crippen molar-refractivity contribution in [1.82, 2.24) is 30.2 Å². The Kier molecular flexibility index (Phi) is 12.2. The van der Waals surface area contributed by atoms with Crippen molar-refractivity contribution in [2.24, 2.45) is 0 Å². The highest BCUT2D eigenvalue weighted by atomic mass is 35.5. The van der Waals surface area contributed by atoms with Crippen molar-refractivity contribution in [1.29, 1.82) is 0 Å². The number of ketones is 4. The minimum absolute atomic E-state index is 0.116. The number of H-pyrrole nitrogens is 2. The normalized spacial score (nSPS) is 17.2. The maximum atomic E-state index is 13.0. The fraction of sp³-hybridized carbons (Fsp3) is 0.318. The summed E-state index contributed by atoms with van der Waals surface area (Å²) in [6, 6.07) is 20.8. The monoisotopic (exact) mass is 802 g/mol. The van der Waals surface area contributed by atoms with Gasteiger partial charge in [-0.15, -0.1) is 11.6 Å². The minimum Gasteiger partial charge on any atom is -0.381 e. The number of benzene rings is 4. The van der Waals surface area contributed by atoms with Crippen LogP contribution in [0.1, 0.15) is 88.2 Å². The molecule has 14 heteroatoms. The lowest BCUT2D eigenvalue weighted by Gasteiger charge is -2.25. The Labute approximate surface area is 339 Å². The standard InChI is InChI=1S/C20H17N3O3.C16H9ClN2O2.C4H9NO.C4H8O/c24-19-12-3-1-2-4-13(12)20(25)17-14(19)5-6-15-18(17)22-16(21-15)11-23-7-9-26-10-8-23;17-7-12-18-11-6-5-10-13(14(11)19-12)16(21)9-4-2-1-3-8(9)15(10)20;1-3-6-4-2-5-1;1-2-4-5-3-1/h1-6H,7-11H2,(H,21,22);1-6H,7H2,(H,18,19);5H,1-4H2;1-4H2. The van der Waals surface area contributed by atoms with Gasteiger partial charge in [-0.05, 0) is 37.1 Å². The van der Waals surface area contributed by atoms with Crippen LogP contribution in [0.25, 0.3) is 22.1 Å². The van der Waals surface area contributed by atoms with E-state index in [9.17, 15) is 19.2 Å². The number of aromatic nitrogens is 4. The third-order valence-electron chi connectivity index (χ3n) is 10.5. The minimum atomic E-state index is -0.168. The van der Waals surface area contributed by atoms with E-state index in [2.05, 4.69) is 30.2 Å². The van der Waals surface area contributed by atoms with Gasteiger partial charge >= 0.3 is 0 Å². The number of nitrogens with one attached hydrogen (secondary N) is 3. The van der Waals surface area contributed by atoms with Crippen LogP contribution in [0.3, 0.4) is 0 Å². The number of carbonyl (C=O) groups is 4. The Bertz CT molecular complexity index is 2480. The summed E-state index contributed by atoms with van der Waals surface area (Å²) < 4.78 is 15.3. The molecule has 13 nitrogen and oxygen atoms in total. The molecule has 0 saturated carbocycles. The van der Waals surface area contributed by atoms with Crippen LogP contribution in [0.2, 0.25) is 0 Å². The number of hydrogen-bond acceptors (Lipinski definition) is 11. The smallest absolute Gasteiger partial charge is 0.196 e. The average molecular weight is 803 g/mol. The molecule has 0 unspecified atom stereocenters. The van der Waals surface area contributed by atoms with Gasteiger partial charge in [0.25, 0.3) is 0 Å². The molecule has 0 atom stereocenters. The summed E-state index contributed by atoms with van der Waals surface area (Å²) in [6.45, 7) is 9.67. The number of aromatic amines is 2. The second kappa shape index (κ2) is 18.0. The molecule has 6 aromatic rings. The number of morpholine rings is 2. The van der Waals surface area contributed by atoms with Gasteiger partial charge in [0.05, 0.1) is 61.0 Å². The molecule has 0 bridgehead atoms. The average Bonchev–Trinajstić information content (AvgIpc) is 4.08. The van der Waals surface area contributed by atoms with Gasteiger partial charge in [0, 0.05) is 72.8 Å². The van der Waals surface area contributed by atoms with Gasteiger partial charge in [-0.3, -0.25) is 24.1 Å². The number of fused-ring (bicyclic) bond motifs is 8. The molecule has 298 valence electrons. The van der Waals surface area contributed by atoms with E-state index in [1.54, 1.807) is 66.7 Å². The van der Waals surface area contributed by atoms with Crippen LogP contribution in [0, 0.1) is 0 Å². The number of alkyl halides is 1. The Hall–Kier alpha value is -5.41. The van der Waals surface area contributed by atoms with Crippen molar-refractivity contribution in [2.45, 2.75) is 25.3 Å². The molecule has 0 amide bonds. The molecule has 5 aliphatic rings. The van der Waals surface area contributed by atoms with Crippen LogP contribution in [-0.4, -0.2) is 114 Å². The van der Waals surface area contributed by atoms with E-state index in [0.29, 0.717) is 73.4 Å². The second-order valence-corrected chi connectivity index (χ2v) is 14.5.